The number of rotatable bonds is 2. The molecule has 5 aromatic rings. The summed E-state index contributed by atoms with van der Waals surface area (Å²) in [5, 5.41) is 5.24. The van der Waals surface area contributed by atoms with E-state index >= 15 is 0 Å². The monoisotopic (exact) mass is 354 g/mol. The van der Waals surface area contributed by atoms with Crippen molar-refractivity contribution >= 4 is 21.9 Å². The first-order valence-electron chi connectivity index (χ1n) is 8.88. The van der Waals surface area contributed by atoms with Gasteiger partial charge in [-0.3, -0.25) is 4.98 Å². The Hall–Kier alpha value is -3.47. The molecule has 0 atom stereocenters. The number of imidazole rings is 1. The van der Waals surface area contributed by atoms with E-state index in [9.17, 15) is 0 Å². The van der Waals surface area contributed by atoms with E-state index < -0.39 is 0 Å². The molecule has 2 aromatic carbocycles. The van der Waals surface area contributed by atoms with Crippen LogP contribution in [0.25, 0.3) is 44.2 Å². The lowest BCUT2D eigenvalue weighted by atomic mass is 9.92. The van der Waals surface area contributed by atoms with Crippen molar-refractivity contribution in [3.63, 3.8) is 0 Å². The standard InChI is InChI=1S/C22H18N4O/c1-12-10-23-18-7-5-4-6-16(18)20(12)17-8-15(9-19-22(17)25-11-24-19)21-13(2)26-27-14(21)3/h4-11H,1-3H3,(H,24,25). The van der Waals surface area contributed by atoms with Crippen LogP contribution in [0.2, 0.25) is 0 Å². The highest BCUT2D eigenvalue weighted by Gasteiger charge is 2.18. The number of hydrogen-bond donors (Lipinski definition) is 1. The highest BCUT2D eigenvalue weighted by Crippen LogP contribution is 2.38. The Morgan fingerprint density at radius 2 is 1.81 bits per heavy atom. The molecule has 0 saturated carbocycles. The summed E-state index contributed by atoms with van der Waals surface area (Å²) in [5.74, 6) is 0.814. The fraction of sp³-hybridized carbons (Fsp3) is 0.136. The van der Waals surface area contributed by atoms with E-state index in [1.54, 1.807) is 6.33 Å². The number of nitrogens with zero attached hydrogens (tertiary/aromatic N) is 3. The normalized spacial score (nSPS) is 11.5. The molecule has 132 valence electrons. The number of H-pyrrole nitrogens is 1. The molecule has 0 bridgehead atoms. The third kappa shape index (κ3) is 2.35. The molecule has 0 amide bonds. The lowest BCUT2D eigenvalue weighted by Gasteiger charge is -2.13. The second-order valence-corrected chi connectivity index (χ2v) is 6.86. The smallest absolute Gasteiger partial charge is 0.141 e. The Morgan fingerprint density at radius 3 is 2.63 bits per heavy atom. The van der Waals surface area contributed by atoms with Crippen LogP contribution in [0.5, 0.6) is 0 Å². The van der Waals surface area contributed by atoms with Gasteiger partial charge >= 0.3 is 0 Å². The van der Waals surface area contributed by atoms with Crippen molar-refractivity contribution in [1.82, 2.24) is 20.1 Å². The summed E-state index contributed by atoms with van der Waals surface area (Å²) >= 11 is 0. The highest BCUT2D eigenvalue weighted by molar-refractivity contribution is 6.05. The first-order chi connectivity index (χ1) is 13.1. The second kappa shape index (κ2) is 5.77. The molecule has 1 N–H and O–H groups in total. The third-order valence-corrected chi connectivity index (χ3v) is 5.08. The van der Waals surface area contributed by atoms with Crippen molar-refractivity contribution in [3.05, 3.63) is 65.9 Å². The van der Waals surface area contributed by atoms with Crippen LogP contribution in [0, 0.1) is 20.8 Å². The zero-order chi connectivity index (χ0) is 18.5. The van der Waals surface area contributed by atoms with E-state index in [0.29, 0.717) is 0 Å². The van der Waals surface area contributed by atoms with E-state index in [4.69, 9.17) is 4.52 Å². The third-order valence-electron chi connectivity index (χ3n) is 5.08. The predicted octanol–water partition coefficient (Wildman–Crippen LogP) is 5.36. The van der Waals surface area contributed by atoms with Gasteiger partial charge in [-0.25, -0.2) is 4.98 Å². The molecule has 27 heavy (non-hydrogen) atoms. The number of aromatic nitrogens is 4. The minimum atomic E-state index is 0.814. The fourth-order valence-electron chi connectivity index (χ4n) is 3.88. The number of hydrogen-bond acceptors (Lipinski definition) is 4. The summed E-state index contributed by atoms with van der Waals surface area (Å²) in [4.78, 5) is 12.4. The maximum atomic E-state index is 5.40. The molecule has 0 saturated heterocycles. The Kier molecular flexibility index (Phi) is 3.37. The van der Waals surface area contributed by atoms with E-state index in [1.165, 1.54) is 0 Å². The van der Waals surface area contributed by atoms with Crippen molar-refractivity contribution in [2.75, 3.05) is 0 Å². The molecular weight excluding hydrogens is 336 g/mol. The lowest BCUT2D eigenvalue weighted by molar-refractivity contribution is 0.393. The Balaban J connectivity index is 1.90. The number of para-hydroxylation sites is 1. The molecule has 0 spiro atoms. The summed E-state index contributed by atoms with van der Waals surface area (Å²) < 4.78 is 5.40. The van der Waals surface area contributed by atoms with Crippen LogP contribution in [0.3, 0.4) is 0 Å². The van der Waals surface area contributed by atoms with E-state index in [-0.39, 0.29) is 0 Å². The molecule has 0 aliphatic rings. The van der Waals surface area contributed by atoms with Crippen molar-refractivity contribution in [1.29, 1.82) is 0 Å². The molecule has 0 aliphatic carbocycles. The maximum absolute atomic E-state index is 5.40. The Morgan fingerprint density at radius 1 is 0.963 bits per heavy atom. The Bertz CT molecular complexity index is 1290. The van der Waals surface area contributed by atoms with Gasteiger partial charge in [0.25, 0.3) is 0 Å². The summed E-state index contributed by atoms with van der Waals surface area (Å²) in [5.41, 5.74) is 9.26. The molecule has 0 radical (unpaired) electrons. The molecular formula is C22H18N4O. The second-order valence-electron chi connectivity index (χ2n) is 6.86. The van der Waals surface area contributed by atoms with Crippen molar-refractivity contribution < 1.29 is 4.52 Å². The van der Waals surface area contributed by atoms with Gasteiger partial charge in [0.1, 0.15) is 5.76 Å². The zero-order valence-corrected chi connectivity index (χ0v) is 15.4. The van der Waals surface area contributed by atoms with Gasteiger partial charge in [-0.05, 0) is 55.7 Å². The quantitative estimate of drug-likeness (QED) is 0.463. The molecule has 0 fully saturated rings. The number of aromatic amines is 1. The molecule has 5 nitrogen and oxygen atoms in total. The average Bonchev–Trinajstić information content (AvgIpc) is 3.27. The van der Waals surface area contributed by atoms with Gasteiger partial charge in [0.2, 0.25) is 0 Å². The van der Waals surface area contributed by atoms with Gasteiger partial charge in [-0.15, -0.1) is 0 Å². The van der Waals surface area contributed by atoms with E-state index in [1.807, 2.05) is 38.2 Å². The molecule has 3 heterocycles. The Labute approximate surface area is 156 Å². The first-order valence-corrected chi connectivity index (χ1v) is 8.88. The summed E-state index contributed by atoms with van der Waals surface area (Å²) in [6.45, 7) is 6.00. The zero-order valence-electron chi connectivity index (χ0n) is 15.4. The van der Waals surface area contributed by atoms with Crippen LogP contribution >= 0.6 is 0 Å². The van der Waals surface area contributed by atoms with Gasteiger partial charge in [-0.2, -0.15) is 0 Å². The number of nitrogens with one attached hydrogen (secondary N) is 1. The van der Waals surface area contributed by atoms with Crippen LogP contribution in [-0.4, -0.2) is 20.1 Å². The van der Waals surface area contributed by atoms with Crippen molar-refractivity contribution in [2.24, 2.45) is 0 Å². The number of benzene rings is 2. The van der Waals surface area contributed by atoms with Crippen molar-refractivity contribution in [3.8, 4) is 22.3 Å². The minimum Gasteiger partial charge on any atom is -0.361 e. The summed E-state index contributed by atoms with van der Waals surface area (Å²) in [6.07, 6.45) is 3.67. The van der Waals surface area contributed by atoms with Gasteiger partial charge in [0.05, 0.1) is 28.6 Å². The average molecular weight is 354 g/mol. The molecule has 0 aliphatic heterocycles. The van der Waals surface area contributed by atoms with Crippen LogP contribution in [0.4, 0.5) is 0 Å². The number of pyridine rings is 1. The summed E-state index contributed by atoms with van der Waals surface area (Å²) in [7, 11) is 0. The number of aryl methyl sites for hydroxylation is 3. The minimum absolute atomic E-state index is 0.814. The van der Waals surface area contributed by atoms with E-state index in [0.717, 1.165) is 61.2 Å². The first kappa shape index (κ1) is 15.8. The number of fused-ring (bicyclic) bond motifs is 2. The molecule has 5 rings (SSSR count). The topological polar surface area (TPSA) is 67.6 Å². The van der Waals surface area contributed by atoms with Gasteiger partial charge in [0, 0.05) is 22.7 Å². The van der Waals surface area contributed by atoms with Crippen LogP contribution in [0.1, 0.15) is 17.0 Å². The van der Waals surface area contributed by atoms with Crippen LogP contribution in [0.15, 0.2) is 53.4 Å². The molecule has 5 heteroatoms. The fourth-order valence-corrected chi connectivity index (χ4v) is 3.88. The largest absolute Gasteiger partial charge is 0.361 e. The maximum Gasteiger partial charge on any atom is 0.141 e. The lowest BCUT2D eigenvalue weighted by Crippen LogP contribution is -1.92. The molecule has 3 aromatic heterocycles. The highest BCUT2D eigenvalue weighted by atomic mass is 16.5. The van der Waals surface area contributed by atoms with E-state index in [2.05, 4.69) is 45.2 Å². The SMILES string of the molecule is Cc1cnc2ccccc2c1-c1cc(-c2c(C)noc2C)cc2[nH]cnc12. The van der Waals surface area contributed by atoms with Crippen LogP contribution < -0.4 is 0 Å². The van der Waals surface area contributed by atoms with Gasteiger partial charge in [0.15, 0.2) is 0 Å². The predicted molar refractivity (Wildman–Crippen MR) is 107 cm³/mol. The van der Waals surface area contributed by atoms with Crippen molar-refractivity contribution in [2.45, 2.75) is 20.8 Å². The molecule has 0 unspecified atom stereocenters. The van der Waals surface area contributed by atoms with Gasteiger partial charge < -0.3 is 9.51 Å². The summed E-state index contributed by atoms with van der Waals surface area (Å²) in [6, 6.07) is 12.5. The van der Waals surface area contributed by atoms with Gasteiger partial charge in [-0.1, -0.05) is 23.4 Å². The van der Waals surface area contributed by atoms with Crippen LogP contribution in [-0.2, 0) is 0 Å².